The topological polar surface area (TPSA) is 38.1 Å². The minimum Gasteiger partial charge on any atom is -0.337 e. The summed E-state index contributed by atoms with van der Waals surface area (Å²) < 4.78 is 1.70. The van der Waals surface area contributed by atoms with Crippen molar-refractivity contribution in [2.75, 3.05) is 13.1 Å². The highest BCUT2D eigenvalue weighted by atomic mass is 35.5. The van der Waals surface area contributed by atoms with Crippen LogP contribution in [0.3, 0.4) is 0 Å². The molecule has 0 bridgehead atoms. The minimum atomic E-state index is 0.0697. The predicted octanol–water partition coefficient (Wildman–Crippen LogP) is 1.83. The number of alkyl halides is 1. The number of aromatic nitrogens is 2. The highest BCUT2D eigenvalue weighted by Crippen LogP contribution is 2.18. The van der Waals surface area contributed by atoms with Gasteiger partial charge in [0.05, 0.1) is 16.6 Å². The number of hydrogen-bond donors (Lipinski definition) is 0. The van der Waals surface area contributed by atoms with Crippen molar-refractivity contribution in [3.63, 3.8) is 0 Å². The number of carbonyl (C=O) groups is 1. The van der Waals surface area contributed by atoms with E-state index in [9.17, 15) is 4.79 Å². The molecule has 1 atom stereocenters. The molecule has 1 aromatic rings. The summed E-state index contributed by atoms with van der Waals surface area (Å²) in [5.74, 6) is 0.0697. The molecule has 1 fully saturated rings. The van der Waals surface area contributed by atoms with Crippen molar-refractivity contribution < 1.29 is 4.79 Å². The largest absolute Gasteiger partial charge is 0.337 e. The van der Waals surface area contributed by atoms with Gasteiger partial charge in [0.25, 0.3) is 5.91 Å². The Morgan fingerprint density at radius 3 is 3.06 bits per heavy atom. The van der Waals surface area contributed by atoms with Crippen molar-refractivity contribution in [3.05, 3.63) is 17.5 Å². The smallest absolute Gasteiger partial charge is 0.257 e. The Kier molecular flexibility index (Phi) is 3.72. The number of nitrogens with zero attached hydrogens (tertiary/aromatic N) is 3. The van der Waals surface area contributed by atoms with Crippen LogP contribution in [-0.4, -0.2) is 39.1 Å². The SMILES string of the molecule is CCc1nn(C)cc1C(=O)N1CCCC(Cl)C1. The van der Waals surface area contributed by atoms with E-state index in [0.717, 1.165) is 37.1 Å². The lowest BCUT2D eigenvalue weighted by molar-refractivity contribution is 0.0726. The second-order valence-electron chi connectivity index (χ2n) is 4.51. The van der Waals surface area contributed by atoms with Crippen LogP contribution in [0, 0.1) is 0 Å². The maximum Gasteiger partial charge on any atom is 0.257 e. The molecule has 0 saturated carbocycles. The Morgan fingerprint density at radius 1 is 1.65 bits per heavy atom. The monoisotopic (exact) mass is 255 g/mol. The van der Waals surface area contributed by atoms with Crippen molar-refractivity contribution in [2.24, 2.45) is 7.05 Å². The molecule has 0 aromatic carbocycles. The molecule has 5 heteroatoms. The standard InChI is InChI=1S/C12H18ClN3O/c1-3-11-10(8-15(2)14-11)12(17)16-6-4-5-9(13)7-16/h8-9H,3-7H2,1-2H3. The Balaban J connectivity index is 2.18. The molecule has 1 aliphatic heterocycles. The normalized spacial score (nSPS) is 20.6. The second kappa shape index (κ2) is 5.08. The zero-order chi connectivity index (χ0) is 12.4. The van der Waals surface area contributed by atoms with Gasteiger partial charge in [-0.3, -0.25) is 9.48 Å². The molecule has 0 spiro atoms. The van der Waals surface area contributed by atoms with E-state index in [2.05, 4.69) is 5.10 Å². The van der Waals surface area contributed by atoms with Crippen LogP contribution < -0.4 is 0 Å². The number of likely N-dealkylation sites (tertiary alicyclic amines) is 1. The second-order valence-corrected chi connectivity index (χ2v) is 5.12. The van der Waals surface area contributed by atoms with Gasteiger partial charge in [-0.2, -0.15) is 5.10 Å². The summed E-state index contributed by atoms with van der Waals surface area (Å²) in [6.07, 6.45) is 4.57. The summed E-state index contributed by atoms with van der Waals surface area (Å²) in [5, 5.41) is 4.39. The van der Waals surface area contributed by atoms with Crippen molar-refractivity contribution in [2.45, 2.75) is 31.6 Å². The molecular weight excluding hydrogens is 238 g/mol. The number of amides is 1. The van der Waals surface area contributed by atoms with E-state index in [-0.39, 0.29) is 11.3 Å². The third kappa shape index (κ3) is 2.63. The van der Waals surface area contributed by atoms with Crippen LogP contribution in [0.15, 0.2) is 6.20 Å². The van der Waals surface area contributed by atoms with Crippen LogP contribution in [0.4, 0.5) is 0 Å². The third-order valence-corrected chi connectivity index (χ3v) is 3.48. The molecule has 2 rings (SSSR count). The lowest BCUT2D eigenvalue weighted by atomic mass is 10.1. The van der Waals surface area contributed by atoms with E-state index < -0.39 is 0 Å². The van der Waals surface area contributed by atoms with Gasteiger partial charge in [0.1, 0.15) is 0 Å². The molecule has 0 aliphatic carbocycles. The molecular formula is C12H18ClN3O. The number of aryl methyl sites for hydroxylation is 2. The van der Waals surface area contributed by atoms with Crippen molar-refractivity contribution in [1.29, 1.82) is 0 Å². The van der Waals surface area contributed by atoms with Gasteiger partial charge in [-0.05, 0) is 19.3 Å². The third-order valence-electron chi connectivity index (χ3n) is 3.12. The van der Waals surface area contributed by atoms with Crippen molar-refractivity contribution in [1.82, 2.24) is 14.7 Å². The molecule has 17 heavy (non-hydrogen) atoms. The first-order chi connectivity index (χ1) is 8.11. The Labute approximate surface area is 107 Å². The fourth-order valence-electron chi connectivity index (χ4n) is 2.25. The fraction of sp³-hybridized carbons (Fsp3) is 0.667. The van der Waals surface area contributed by atoms with Crippen LogP contribution >= 0.6 is 11.6 Å². The van der Waals surface area contributed by atoms with Crippen LogP contribution in [0.2, 0.25) is 0 Å². The van der Waals surface area contributed by atoms with Crippen LogP contribution in [-0.2, 0) is 13.5 Å². The van der Waals surface area contributed by atoms with Crippen molar-refractivity contribution in [3.8, 4) is 0 Å². The maximum atomic E-state index is 12.4. The molecule has 1 amide bonds. The Bertz CT molecular complexity index is 416. The molecule has 4 nitrogen and oxygen atoms in total. The predicted molar refractivity (Wildman–Crippen MR) is 67.4 cm³/mol. The van der Waals surface area contributed by atoms with Gasteiger partial charge >= 0.3 is 0 Å². The number of piperidine rings is 1. The minimum absolute atomic E-state index is 0.0697. The number of rotatable bonds is 2. The zero-order valence-electron chi connectivity index (χ0n) is 10.3. The molecule has 94 valence electrons. The van der Waals surface area contributed by atoms with E-state index >= 15 is 0 Å². The number of carbonyl (C=O) groups excluding carboxylic acids is 1. The first kappa shape index (κ1) is 12.4. The van der Waals surface area contributed by atoms with Gasteiger partial charge in [-0.15, -0.1) is 11.6 Å². The van der Waals surface area contributed by atoms with Crippen LogP contribution in [0.5, 0.6) is 0 Å². The molecule has 1 unspecified atom stereocenters. The summed E-state index contributed by atoms with van der Waals surface area (Å²) >= 11 is 6.11. The lowest BCUT2D eigenvalue weighted by Gasteiger charge is -2.29. The Hall–Kier alpha value is -1.03. The average molecular weight is 256 g/mol. The Morgan fingerprint density at radius 2 is 2.41 bits per heavy atom. The summed E-state index contributed by atoms with van der Waals surface area (Å²) in [4.78, 5) is 14.2. The molecule has 0 radical (unpaired) electrons. The number of halogens is 1. The van der Waals surface area contributed by atoms with Crippen LogP contribution in [0.25, 0.3) is 0 Å². The average Bonchev–Trinajstić information content (AvgIpc) is 2.69. The van der Waals surface area contributed by atoms with E-state index in [4.69, 9.17) is 11.6 Å². The highest BCUT2D eigenvalue weighted by molar-refractivity contribution is 6.21. The van der Waals surface area contributed by atoms with Gasteiger partial charge in [0.2, 0.25) is 0 Å². The van der Waals surface area contributed by atoms with E-state index in [1.165, 1.54) is 0 Å². The van der Waals surface area contributed by atoms with Crippen molar-refractivity contribution >= 4 is 17.5 Å². The summed E-state index contributed by atoms with van der Waals surface area (Å²) in [6.45, 7) is 3.47. The lowest BCUT2D eigenvalue weighted by Crippen LogP contribution is -2.40. The number of hydrogen-bond acceptors (Lipinski definition) is 2. The van der Waals surface area contributed by atoms with Gasteiger partial charge in [-0.25, -0.2) is 0 Å². The van der Waals surface area contributed by atoms with Gasteiger partial charge in [0.15, 0.2) is 0 Å². The highest BCUT2D eigenvalue weighted by Gasteiger charge is 2.25. The molecule has 0 N–H and O–H groups in total. The summed E-state index contributed by atoms with van der Waals surface area (Å²) in [7, 11) is 1.84. The molecule has 2 heterocycles. The molecule has 1 aromatic heterocycles. The van der Waals surface area contributed by atoms with Crippen LogP contribution in [0.1, 0.15) is 35.8 Å². The van der Waals surface area contributed by atoms with E-state index in [1.807, 2.05) is 18.9 Å². The van der Waals surface area contributed by atoms with Gasteiger partial charge in [-0.1, -0.05) is 6.92 Å². The van der Waals surface area contributed by atoms with E-state index in [1.54, 1.807) is 10.9 Å². The summed E-state index contributed by atoms with van der Waals surface area (Å²) in [6, 6.07) is 0. The summed E-state index contributed by atoms with van der Waals surface area (Å²) in [5.41, 5.74) is 1.59. The fourth-order valence-corrected chi connectivity index (χ4v) is 2.58. The maximum absolute atomic E-state index is 12.4. The van der Waals surface area contributed by atoms with E-state index in [0.29, 0.717) is 6.54 Å². The first-order valence-electron chi connectivity index (χ1n) is 6.07. The quantitative estimate of drug-likeness (QED) is 0.757. The first-order valence-corrected chi connectivity index (χ1v) is 6.51. The molecule has 1 aliphatic rings. The molecule has 1 saturated heterocycles. The van der Waals surface area contributed by atoms with Gasteiger partial charge < -0.3 is 4.90 Å². The van der Waals surface area contributed by atoms with Gasteiger partial charge in [0, 0.05) is 26.3 Å². The zero-order valence-corrected chi connectivity index (χ0v) is 11.1.